The maximum absolute atomic E-state index is 5.68. The third-order valence-electron chi connectivity index (χ3n) is 3.33. The van der Waals surface area contributed by atoms with Crippen LogP contribution in [-0.2, 0) is 6.42 Å². The molecule has 0 aromatic carbocycles. The molecule has 0 unspecified atom stereocenters. The van der Waals surface area contributed by atoms with Crippen LogP contribution in [0, 0.1) is 5.92 Å². The highest BCUT2D eigenvalue weighted by molar-refractivity contribution is 5.30. The molecular weight excluding hydrogens is 200 g/mol. The van der Waals surface area contributed by atoms with Crippen molar-refractivity contribution in [3.8, 4) is 0 Å². The average Bonchev–Trinajstić information content (AvgIpc) is 2.39. The summed E-state index contributed by atoms with van der Waals surface area (Å²) < 4.78 is 0. The van der Waals surface area contributed by atoms with Crippen molar-refractivity contribution in [3.05, 3.63) is 18.0 Å². The van der Waals surface area contributed by atoms with E-state index in [4.69, 9.17) is 5.73 Å². The molecule has 0 spiro atoms. The van der Waals surface area contributed by atoms with Gasteiger partial charge in [0.05, 0.1) is 0 Å². The maximum atomic E-state index is 5.68. The Bertz CT molecular complexity index is 314. The van der Waals surface area contributed by atoms with Gasteiger partial charge in [-0.15, -0.1) is 0 Å². The summed E-state index contributed by atoms with van der Waals surface area (Å²) in [4.78, 5) is 11.1. The Morgan fingerprint density at radius 1 is 1.31 bits per heavy atom. The smallest absolute Gasteiger partial charge is 0.225 e. The number of piperidine rings is 1. The van der Waals surface area contributed by atoms with Gasteiger partial charge >= 0.3 is 0 Å². The Morgan fingerprint density at radius 2 is 1.94 bits per heavy atom. The van der Waals surface area contributed by atoms with Crippen LogP contribution in [0.15, 0.2) is 12.4 Å². The topological polar surface area (TPSA) is 55.0 Å². The molecule has 2 heterocycles. The summed E-state index contributed by atoms with van der Waals surface area (Å²) in [6, 6.07) is 0. The van der Waals surface area contributed by atoms with E-state index in [0.717, 1.165) is 44.8 Å². The number of aryl methyl sites for hydroxylation is 1. The standard InChI is InChI=1S/C12H20N4/c1-2-10-8-14-12(15-9-10)16-5-3-11(7-13)4-6-16/h8-9,11H,2-7,13H2,1H3. The van der Waals surface area contributed by atoms with Gasteiger partial charge in [0.2, 0.25) is 5.95 Å². The lowest BCUT2D eigenvalue weighted by Crippen LogP contribution is -2.37. The van der Waals surface area contributed by atoms with E-state index in [1.54, 1.807) is 0 Å². The Morgan fingerprint density at radius 3 is 2.44 bits per heavy atom. The largest absolute Gasteiger partial charge is 0.341 e. The summed E-state index contributed by atoms with van der Waals surface area (Å²) in [6.45, 7) is 5.00. The van der Waals surface area contributed by atoms with E-state index in [1.165, 1.54) is 5.56 Å². The molecule has 1 aromatic rings. The fourth-order valence-corrected chi connectivity index (χ4v) is 2.06. The number of rotatable bonds is 3. The van der Waals surface area contributed by atoms with E-state index in [9.17, 15) is 0 Å². The molecule has 0 bridgehead atoms. The molecule has 2 N–H and O–H groups in total. The molecule has 0 amide bonds. The van der Waals surface area contributed by atoms with Crippen molar-refractivity contribution in [2.75, 3.05) is 24.5 Å². The molecule has 0 atom stereocenters. The van der Waals surface area contributed by atoms with Gasteiger partial charge in [0.1, 0.15) is 0 Å². The second-order valence-electron chi connectivity index (χ2n) is 4.41. The Labute approximate surface area is 96.9 Å². The molecule has 1 aliphatic heterocycles. The fourth-order valence-electron chi connectivity index (χ4n) is 2.06. The number of aromatic nitrogens is 2. The van der Waals surface area contributed by atoms with E-state index >= 15 is 0 Å². The summed E-state index contributed by atoms with van der Waals surface area (Å²) in [5.41, 5.74) is 6.87. The van der Waals surface area contributed by atoms with Crippen LogP contribution in [0.2, 0.25) is 0 Å². The van der Waals surface area contributed by atoms with Gasteiger partial charge < -0.3 is 10.6 Å². The first kappa shape index (κ1) is 11.3. The molecule has 1 fully saturated rings. The van der Waals surface area contributed by atoms with E-state index in [0.29, 0.717) is 5.92 Å². The Balaban J connectivity index is 1.97. The highest BCUT2D eigenvalue weighted by Crippen LogP contribution is 2.19. The number of anilines is 1. The normalized spacial score (nSPS) is 17.8. The molecule has 0 saturated carbocycles. The predicted molar refractivity (Wildman–Crippen MR) is 65.4 cm³/mol. The van der Waals surface area contributed by atoms with Gasteiger partial charge in [0.25, 0.3) is 0 Å². The molecule has 1 aliphatic rings. The van der Waals surface area contributed by atoms with Crippen LogP contribution < -0.4 is 10.6 Å². The zero-order valence-corrected chi connectivity index (χ0v) is 9.89. The van der Waals surface area contributed by atoms with E-state index in [1.807, 2.05) is 12.4 Å². The minimum Gasteiger partial charge on any atom is -0.341 e. The van der Waals surface area contributed by atoms with Crippen molar-refractivity contribution < 1.29 is 0 Å². The summed E-state index contributed by atoms with van der Waals surface area (Å²) >= 11 is 0. The van der Waals surface area contributed by atoms with Gasteiger partial charge in [-0.25, -0.2) is 9.97 Å². The molecular formula is C12H20N4. The molecule has 0 radical (unpaired) electrons. The summed E-state index contributed by atoms with van der Waals surface area (Å²) in [7, 11) is 0. The first-order valence-corrected chi connectivity index (χ1v) is 6.09. The zero-order valence-electron chi connectivity index (χ0n) is 9.89. The fraction of sp³-hybridized carbons (Fsp3) is 0.667. The zero-order chi connectivity index (χ0) is 11.4. The molecule has 16 heavy (non-hydrogen) atoms. The molecule has 4 heteroatoms. The van der Waals surface area contributed by atoms with Crippen LogP contribution in [0.25, 0.3) is 0 Å². The minimum absolute atomic E-state index is 0.686. The average molecular weight is 220 g/mol. The molecule has 1 saturated heterocycles. The van der Waals surface area contributed by atoms with Gasteiger partial charge in [0.15, 0.2) is 0 Å². The van der Waals surface area contributed by atoms with E-state index < -0.39 is 0 Å². The summed E-state index contributed by atoms with van der Waals surface area (Å²) in [6.07, 6.45) is 7.18. The molecule has 88 valence electrons. The van der Waals surface area contributed by atoms with E-state index in [2.05, 4.69) is 21.8 Å². The number of nitrogens with two attached hydrogens (primary N) is 1. The second-order valence-corrected chi connectivity index (χ2v) is 4.41. The van der Waals surface area contributed by atoms with Crippen LogP contribution in [0.4, 0.5) is 5.95 Å². The van der Waals surface area contributed by atoms with Gasteiger partial charge in [-0.3, -0.25) is 0 Å². The summed E-state index contributed by atoms with van der Waals surface area (Å²) in [5.74, 6) is 1.55. The van der Waals surface area contributed by atoms with Crippen LogP contribution >= 0.6 is 0 Å². The molecule has 0 aliphatic carbocycles. The number of nitrogens with zero attached hydrogens (tertiary/aromatic N) is 3. The highest BCUT2D eigenvalue weighted by Gasteiger charge is 2.19. The maximum Gasteiger partial charge on any atom is 0.225 e. The van der Waals surface area contributed by atoms with Crippen molar-refractivity contribution in [3.63, 3.8) is 0 Å². The van der Waals surface area contributed by atoms with Crippen molar-refractivity contribution in [1.82, 2.24) is 9.97 Å². The third kappa shape index (κ3) is 2.50. The lowest BCUT2D eigenvalue weighted by atomic mass is 9.97. The quantitative estimate of drug-likeness (QED) is 0.832. The second kappa shape index (κ2) is 5.25. The molecule has 1 aromatic heterocycles. The Kier molecular flexibility index (Phi) is 3.72. The van der Waals surface area contributed by atoms with E-state index in [-0.39, 0.29) is 0 Å². The number of hydrogen-bond acceptors (Lipinski definition) is 4. The Hall–Kier alpha value is -1.16. The van der Waals surface area contributed by atoms with Crippen LogP contribution in [0.5, 0.6) is 0 Å². The van der Waals surface area contributed by atoms with Gasteiger partial charge in [-0.1, -0.05) is 6.92 Å². The van der Waals surface area contributed by atoms with Crippen LogP contribution in [0.3, 0.4) is 0 Å². The first-order valence-electron chi connectivity index (χ1n) is 6.09. The van der Waals surface area contributed by atoms with Crippen molar-refractivity contribution in [2.24, 2.45) is 11.7 Å². The SMILES string of the molecule is CCc1cnc(N2CCC(CN)CC2)nc1. The highest BCUT2D eigenvalue weighted by atomic mass is 15.2. The summed E-state index contributed by atoms with van der Waals surface area (Å²) in [5, 5.41) is 0. The van der Waals surface area contributed by atoms with Crippen LogP contribution in [-0.4, -0.2) is 29.6 Å². The minimum atomic E-state index is 0.686. The third-order valence-corrected chi connectivity index (χ3v) is 3.33. The van der Waals surface area contributed by atoms with Crippen LogP contribution in [0.1, 0.15) is 25.3 Å². The van der Waals surface area contributed by atoms with Gasteiger partial charge in [0, 0.05) is 25.5 Å². The first-order chi connectivity index (χ1) is 7.83. The van der Waals surface area contributed by atoms with Crippen molar-refractivity contribution in [2.45, 2.75) is 26.2 Å². The molecule has 4 nitrogen and oxygen atoms in total. The van der Waals surface area contributed by atoms with Gasteiger partial charge in [-0.05, 0) is 37.3 Å². The van der Waals surface area contributed by atoms with Gasteiger partial charge in [-0.2, -0.15) is 0 Å². The lowest BCUT2D eigenvalue weighted by Gasteiger charge is -2.31. The number of hydrogen-bond donors (Lipinski definition) is 1. The monoisotopic (exact) mass is 220 g/mol. The van der Waals surface area contributed by atoms with Crippen molar-refractivity contribution >= 4 is 5.95 Å². The van der Waals surface area contributed by atoms with Crippen molar-refractivity contribution in [1.29, 1.82) is 0 Å². The lowest BCUT2D eigenvalue weighted by molar-refractivity contribution is 0.411. The molecule has 2 rings (SSSR count). The predicted octanol–water partition coefficient (Wildman–Crippen LogP) is 1.21.